The molecule has 14 heavy (non-hydrogen) atoms. The minimum Gasteiger partial charge on any atom is -0.383 e. The van der Waals surface area contributed by atoms with Crippen LogP contribution in [-0.4, -0.2) is 4.98 Å². The predicted octanol–water partition coefficient (Wildman–Crippen LogP) is 2.23. The molecule has 0 aromatic carbocycles. The van der Waals surface area contributed by atoms with Crippen molar-refractivity contribution < 1.29 is 0 Å². The first-order valence-electron chi connectivity index (χ1n) is 4.49. The maximum atomic E-state index is 10.2. The van der Waals surface area contributed by atoms with Crippen LogP contribution in [0.1, 0.15) is 31.9 Å². The van der Waals surface area contributed by atoms with Gasteiger partial charge < -0.3 is 5.73 Å². The van der Waals surface area contributed by atoms with E-state index in [0.29, 0.717) is 11.4 Å². The molecule has 0 atom stereocenters. The van der Waals surface area contributed by atoms with Crippen LogP contribution in [0.15, 0.2) is 17.4 Å². The monoisotopic (exact) mass is 193 g/mol. The third-order valence-electron chi connectivity index (χ3n) is 2.10. The van der Waals surface area contributed by atoms with E-state index in [2.05, 4.69) is 30.9 Å². The number of rotatable bonds is 2. The molecule has 0 spiro atoms. The molecular formula is C10H15N3O. The van der Waals surface area contributed by atoms with Crippen LogP contribution >= 0.6 is 0 Å². The second-order valence-electron chi connectivity index (χ2n) is 4.31. The molecule has 0 amide bonds. The van der Waals surface area contributed by atoms with Crippen LogP contribution in [-0.2, 0) is 12.0 Å². The number of nitrogen functional groups attached to an aromatic ring is 1. The Labute approximate surface area is 83.5 Å². The SMILES string of the molecule is CC(C)(C)c1cnc(N)c(CN=O)c1. The third-order valence-corrected chi connectivity index (χ3v) is 2.10. The number of nitrogens with two attached hydrogens (primary N) is 1. The molecule has 0 aliphatic heterocycles. The summed E-state index contributed by atoms with van der Waals surface area (Å²) in [6.45, 7) is 6.33. The summed E-state index contributed by atoms with van der Waals surface area (Å²) in [4.78, 5) is 14.2. The molecule has 1 aromatic rings. The van der Waals surface area contributed by atoms with Gasteiger partial charge >= 0.3 is 0 Å². The van der Waals surface area contributed by atoms with Crippen LogP contribution in [0.3, 0.4) is 0 Å². The predicted molar refractivity (Wildman–Crippen MR) is 56.8 cm³/mol. The van der Waals surface area contributed by atoms with Gasteiger partial charge in [-0.25, -0.2) is 4.98 Å². The van der Waals surface area contributed by atoms with E-state index in [1.54, 1.807) is 6.20 Å². The van der Waals surface area contributed by atoms with E-state index in [1.165, 1.54) is 0 Å². The summed E-state index contributed by atoms with van der Waals surface area (Å²) >= 11 is 0. The Bertz CT molecular complexity index is 342. The largest absolute Gasteiger partial charge is 0.383 e. The Morgan fingerprint density at radius 1 is 1.50 bits per heavy atom. The fourth-order valence-corrected chi connectivity index (χ4v) is 1.13. The van der Waals surface area contributed by atoms with Crippen LogP contribution in [0.2, 0.25) is 0 Å². The number of hydrogen-bond donors (Lipinski definition) is 1. The fraction of sp³-hybridized carbons (Fsp3) is 0.500. The van der Waals surface area contributed by atoms with Crippen LogP contribution in [0.4, 0.5) is 5.82 Å². The highest BCUT2D eigenvalue weighted by Gasteiger charge is 2.15. The number of hydrogen-bond acceptors (Lipinski definition) is 4. The van der Waals surface area contributed by atoms with Crippen molar-refractivity contribution in [2.45, 2.75) is 32.7 Å². The maximum absolute atomic E-state index is 10.2. The fourth-order valence-electron chi connectivity index (χ4n) is 1.13. The van der Waals surface area contributed by atoms with Crippen molar-refractivity contribution in [3.63, 3.8) is 0 Å². The van der Waals surface area contributed by atoms with Gasteiger partial charge in [0.25, 0.3) is 0 Å². The van der Waals surface area contributed by atoms with E-state index >= 15 is 0 Å². The molecule has 0 saturated carbocycles. The van der Waals surface area contributed by atoms with E-state index in [4.69, 9.17) is 5.73 Å². The van der Waals surface area contributed by atoms with Crippen molar-refractivity contribution in [3.05, 3.63) is 28.3 Å². The van der Waals surface area contributed by atoms with Crippen LogP contribution in [0.5, 0.6) is 0 Å². The van der Waals surface area contributed by atoms with E-state index in [1.807, 2.05) is 6.07 Å². The Balaban J connectivity index is 3.12. The van der Waals surface area contributed by atoms with Gasteiger partial charge in [-0.3, -0.25) is 0 Å². The lowest BCUT2D eigenvalue weighted by Crippen LogP contribution is -2.13. The number of nitroso groups, excluding NO2 is 1. The number of nitrogens with zero attached hydrogens (tertiary/aromatic N) is 2. The van der Waals surface area contributed by atoms with E-state index in [-0.39, 0.29) is 12.0 Å². The first-order chi connectivity index (χ1) is 6.45. The Morgan fingerprint density at radius 3 is 2.64 bits per heavy atom. The standard InChI is InChI=1S/C10H15N3O/c1-10(2,3)8-4-7(5-13-14)9(11)12-6-8/h4,6H,5H2,1-3H3,(H2,11,12). The molecule has 4 nitrogen and oxygen atoms in total. The number of anilines is 1. The third kappa shape index (κ3) is 2.28. The Kier molecular flexibility index (Phi) is 2.84. The molecule has 4 heteroatoms. The van der Waals surface area contributed by atoms with Crippen molar-refractivity contribution in [3.8, 4) is 0 Å². The normalized spacial score (nSPS) is 11.4. The van der Waals surface area contributed by atoms with Crippen molar-refractivity contribution in [2.24, 2.45) is 5.18 Å². The van der Waals surface area contributed by atoms with Gasteiger partial charge in [0.1, 0.15) is 12.4 Å². The minimum atomic E-state index is 0.0122. The highest BCUT2D eigenvalue weighted by atomic mass is 16.3. The quantitative estimate of drug-likeness (QED) is 0.732. The van der Waals surface area contributed by atoms with Crippen LogP contribution < -0.4 is 5.73 Å². The van der Waals surface area contributed by atoms with Gasteiger partial charge in [0, 0.05) is 11.8 Å². The van der Waals surface area contributed by atoms with Gasteiger partial charge in [0.05, 0.1) is 0 Å². The number of pyridine rings is 1. The lowest BCUT2D eigenvalue weighted by atomic mass is 9.87. The van der Waals surface area contributed by atoms with Crippen molar-refractivity contribution in [1.82, 2.24) is 4.98 Å². The highest BCUT2D eigenvalue weighted by molar-refractivity contribution is 5.42. The van der Waals surface area contributed by atoms with Crippen molar-refractivity contribution in [1.29, 1.82) is 0 Å². The summed E-state index contributed by atoms with van der Waals surface area (Å²) in [6, 6.07) is 1.89. The lowest BCUT2D eigenvalue weighted by Gasteiger charge is -2.19. The van der Waals surface area contributed by atoms with Gasteiger partial charge in [-0.1, -0.05) is 25.9 Å². The van der Waals surface area contributed by atoms with Crippen molar-refractivity contribution >= 4 is 5.82 Å². The Morgan fingerprint density at radius 2 is 2.14 bits per heavy atom. The molecule has 0 bridgehead atoms. The second-order valence-corrected chi connectivity index (χ2v) is 4.31. The highest BCUT2D eigenvalue weighted by Crippen LogP contribution is 2.24. The molecule has 1 rings (SSSR count). The smallest absolute Gasteiger partial charge is 0.128 e. The lowest BCUT2D eigenvalue weighted by molar-refractivity contribution is 0.586. The first-order valence-corrected chi connectivity index (χ1v) is 4.49. The topological polar surface area (TPSA) is 68.3 Å². The van der Waals surface area contributed by atoms with E-state index < -0.39 is 0 Å². The summed E-state index contributed by atoms with van der Waals surface area (Å²) in [5.74, 6) is 0.387. The van der Waals surface area contributed by atoms with Crippen molar-refractivity contribution in [2.75, 3.05) is 5.73 Å². The summed E-state index contributed by atoms with van der Waals surface area (Å²) in [6.07, 6.45) is 1.74. The molecule has 0 aliphatic carbocycles. The van der Waals surface area contributed by atoms with E-state index in [0.717, 1.165) is 5.56 Å². The zero-order chi connectivity index (χ0) is 10.8. The average molecular weight is 193 g/mol. The molecule has 0 saturated heterocycles. The Hall–Kier alpha value is -1.45. The summed E-state index contributed by atoms with van der Waals surface area (Å²) < 4.78 is 0. The molecule has 0 fully saturated rings. The van der Waals surface area contributed by atoms with E-state index in [9.17, 15) is 4.91 Å². The summed E-state index contributed by atoms with van der Waals surface area (Å²) in [5, 5.41) is 2.82. The molecule has 0 radical (unpaired) electrons. The molecule has 76 valence electrons. The first kappa shape index (κ1) is 10.6. The molecule has 1 heterocycles. The zero-order valence-corrected chi connectivity index (χ0v) is 8.74. The molecule has 2 N–H and O–H groups in total. The molecule has 0 unspecified atom stereocenters. The molecule has 1 aromatic heterocycles. The van der Waals surface area contributed by atoms with Crippen LogP contribution in [0.25, 0.3) is 0 Å². The second kappa shape index (κ2) is 3.74. The van der Waals surface area contributed by atoms with Gasteiger partial charge in [-0.05, 0) is 17.0 Å². The molecular weight excluding hydrogens is 178 g/mol. The minimum absolute atomic E-state index is 0.0122. The maximum Gasteiger partial charge on any atom is 0.128 e. The summed E-state index contributed by atoms with van der Waals surface area (Å²) in [7, 11) is 0. The van der Waals surface area contributed by atoms with Gasteiger partial charge in [-0.2, -0.15) is 4.91 Å². The van der Waals surface area contributed by atoms with Gasteiger partial charge in [-0.15, -0.1) is 0 Å². The number of aromatic nitrogens is 1. The van der Waals surface area contributed by atoms with Gasteiger partial charge in [0.2, 0.25) is 0 Å². The molecule has 0 aliphatic rings. The zero-order valence-electron chi connectivity index (χ0n) is 8.74. The summed E-state index contributed by atoms with van der Waals surface area (Å²) in [5.41, 5.74) is 7.38. The van der Waals surface area contributed by atoms with Gasteiger partial charge in [0.15, 0.2) is 0 Å². The van der Waals surface area contributed by atoms with Crippen LogP contribution in [0, 0.1) is 4.91 Å². The average Bonchev–Trinajstić information content (AvgIpc) is 2.07.